The summed E-state index contributed by atoms with van der Waals surface area (Å²) in [5, 5.41) is 12.3. The number of carbonyl (C=O) groups is 3. The highest BCUT2D eigenvalue weighted by atomic mass is 16.5. The Labute approximate surface area is 165 Å². The van der Waals surface area contributed by atoms with Gasteiger partial charge in [0.15, 0.2) is 0 Å². The summed E-state index contributed by atoms with van der Waals surface area (Å²) < 4.78 is 5.34. The zero-order valence-corrected chi connectivity index (χ0v) is 16.1. The first kappa shape index (κ1) is 20.3. The van der Waals surface area contributed by atoms with Gasteiger partial charge in [-0.25, -0.2) is 0 Å². The molecule has 1 atom stereocenters. The highest BCUT2D eigenvalue weighted by molar-refractivity contribution is 5.83. The maximum atomic E-state index is 12.9. The molecule has 1 unspecified atom stereocenters. The summed E-state index contributed by atoms with van der Waals surface area (Å²) in [5.74, 6) is -1.36. The van der Waals surface area contributed by atoms with Crippen molar-refractivity contribution >= 4 is 17.8 Å². The monoisotopic (exact) mass is 388 g/mol. The van der Waals surface area contributed by atoms with Crippen molar-refractivity contribution in [3.05, 3.63) is 35.9 Å². The molecule has 7 nitrogen and oxygen atoms in total. The van der Waals surface area contributed by atoms with Gasteiger partial charge in [0.05, 0.1) is 24.3 Å². The largest absolute Gasteiger partial charge is 0.481 e. The number of piperidine rings is 1. The number of amides is 2. The number of hydrogen-bond donors (Lipinski definition) is 2. The lowest BCUT2D eigenvalue weighted by Gasteiger charge is -2.39. The zero-order chi connectivity index (χ0) is 20.0. The van der Waals surface area contributed by atoms with Gasteiger partial charge in [-0.15, -0.1) is 0 Å². The lowest BCUT2D eigenvalue weighted by Crippen LogP contribution is -2.56. The van der Waals surface area contributed by atoms with Crippen LogP contribution in [0.3, 0.4) is 0 Å². The molecule has 1 aromatic carbocycles. The third kappa shape index (κ3) is 5.32. The molecule has 0 bridgehead atoms. The minimum Gasteiger partial charge on any atom is -0.481 e. The lowest BCUT2D eigenvalue weighted by atomic mass is 9.85. The average molecular weight is 388 g/mol. The number of carboxylic acid groups (broad SMARTS) is 1. The molecule has 2 aliphatic heterocycles. The van der Waals surface area contributed by atoms with E-state index in [1.54, 1.807) is 4.90 Å². The standard InChI is InChI=1S/C21H28N2O5/c24-18(13-16-5-2-1-3-6-16)23-10-4-7-17(15-23)20(27)22-21(14-19(25)26)8-11-28-12-9-21/h1-3,5-6,17H,4,7-15H2,(H,22,27)(H,25,26). The molecule has 7 heteroatoms. The van der Waals surface area contributed by atoms with E-state index >= 15 is 0 Å². The van der Waals surface area contributed by atoms with Gasteiger partial charge in [0.25, 0.3) is 0 Å². The number of nitrogens with one attached hydrogen (secondary N) is 1. The number of carboxylic acids is 1. The Kier molecular flexibility index (Phi) is 6.67. The van der Waals surface area contributed by atoms with Gasteiger partial charge in [0.2, 0.25) is 11.8 Å². The van der Waals surface area contributed by atoms with Crippen LogP contribution in [0.5, 0.6) is 0 Å². The minimum absolute atomic E-state index is 0.0232. The second-order valence-corrected chi connectivity index (χ2v) is 7.79. The van der Waals surface area contributed by atoms with Crippen LogP contribution >= 0.6 is 0 Å². The van der Waals surface area contributed by atoms with Crippen molar-refractivity contribution in [3.8, 4) is 0 Å². The van der Waals surface area contributed by atoms with E-state index in [1.807, 2.05) is 30.3 Å². The molecular formula is C21H28N2O5. The molecule has 2 heterocycles. The second kappa shape index (κ2) is 9.19. The van der Waals surface area contributed by atoms with Crippen molar-refractivity contribution in [1.82, 2.24) is 10.2 Å². The molecule has 0 saturated carbocycles. The van der Waals surface area contributed by atoms with Crippen molar-refractivity contribution < 1.29 is 24.2 Å². The van der Waals surface area contributed by atoms with Crippen LogP contribution in [0.2, 0.25) is 0 Å². The zero-order valence-electron chi connectivity index (χ0n) is 16.1. The fourth-order valence-corrected chi connectivity index (χ4v) is 4.06. The summed E-state index contributed by atoms with van der Waals surface area (Å²) in [5.41, 5.74) is 0.207. The van der Waals surface area contributed by atoms with E-state index in [1.165, 1.54) is 0 Å². The fraction of sp³-hybridized carbons (Fsp3) is 0.571. The third-order valence-corrected chi connectivity index (χ3v) is 5.67. The van der Waals surface area contributed by atoms with E-state index in [9.17, 15) is 19.5 Å². The van der Waals surface area contributed by atoms with Crippen molar-refractivity contribution in [3.63, 3.8) is 0 Å². The Hall–Kier alpha value is -2.41. The molecule has 2 saturated heterocycles. The van der Waals surface area contributed by atoms with Gasteiger partial charge < -0.3 is 20.1 Å². The molecular weight excluding hydrogens is 360 g/mol. The van der Waals surface area contributed by atoms with Crippen LogP contribution in [0.4, 0.5) is 0 Å². The Balaban J connectivity index is 1.60. The Morgan fingerprint density at radius 1 is 1.18 bits per heavy atom. The van der Waals surface area contributed by atoms with Crippen LogP contribution in [0.25, 0.3) is 0 Å². The summed E-state index contributed by atoms with van der Waals surface area (Å²) in [4.78, 5) is 38.6. The number of likely N-dealkylation sites (tertiary alicyclic amines) is 1. The van der Waals surface area contributed by atoms with Crippen LogP contribution in [-0.2, 0) is 25.5 Å². The molecule has 2 aliphatic rings. The van der Waals surface area contributed by atoms with Crippen molar-refractivity contribution in [2.24, 2.45) is 5.92 Å². The number of benzene rings is 1. The molecule has 2 N–H and O–H groups in total. The van der Waals surface area contributed by atoms with Gasteiger partial charge in [-0.2, -0.15) is 0 Å². The number of rotatable bonds is 6. The van der Waals surface area contributed by atoms with E-state index in [4.69, 9.17) is 4.74 Å². The maximum Gasteiger partial charge on any atom is 0.305 e. The normalized spacial score (nSPS) is 21.7. The molecule has 3 rings (SSSR count). The van der Waals surface area contributed by atoms with E-state index in [2.05, 4.69) is 5.32 Å². The Morgan fingerprint density at radius 3 is 2.57 bits per heavy atom. The maximum absolute atomic E-state index is 12.9. The van der Waals surface area contributed by atoms with Crippen LogP contribution in [0.1, 0.15) is 37.7 Å². The number of hydrogen-bond acceptors (Lipinski definition) is 4. The SMILES string of the molecule is O=C(O)CC1(NC(=O)C2CCCN(C(=O)Cc3ccccc3)C2)CCOCC1. The Bertz CT molecular complexity index is 700. The lowest BCUT2D eigenvalue weighted by molar-refractivity contribution is -0.141. The van der Waals surface area contributed by atoms with E-state index in [-0.39, 0.29) is 24.2 Å². The first-order valence-electron chi connectivity index (χ1n) is 9.91. The van der Waals surface area contributed by atoms with Gasteiger partial charge >= 0.3 is 5.97 Å². The summed E-state index contributed by atoms with van der Waals surface area (Å²) in [7, 11) is 0. The van der Waals surface area contributed by atoms with E-state index in [0.29, 0.717) is 52.0 Å². The van der Waals surface area contributed by atoms with E-state index < -0.39 is 11.5 Å². The van der Waals surface area contributed by atoms with Gasteiger partial charge in [0.1, 0.15) is 0 Å². The quantitative estimate of drug-likeness (QED) is 0.772. The number of carbonyl (C=O) groups excluding carboxylic acids is 2. The molecule has 28 heavy (non-hydrogen) atoms. The first-order valence-corrected chi connectivity index (χ1v) is 9.91. The smallest absolute Gasteiger partial charge is 0.305 e. The molecule has 0 aliphatic carbocycles. The number of aliphatic carboxylic acids is 1. The topological polar surface area (TPSA) is 95.9 Å². The van der Waals surface area contributed by atoms with Gasteiger partial charge in [-0.1, -0.05) is 30.3 Å². The van der Waals surface area contributed by atoms with Crippen molar-refractivity contribution in [1.29, 1.82) is 0 Å². The van der Waals surface area contributed by atoms with Crippen molar-refractivity contribution in [2.45, 2.75) is 44.1 Å². The van der Waals surface area contributed by atoms with Crippen LogP contribution in [0.15, 0.2) is 30.3 Å². The van der Waals surface area contributed by atoms with Gasteiger partial charge in [0, 0.05) is 26.3 Å². The predicted octanol–water partition coefficient (Wildman–Crippen LogP) is 1.61. The molecule has 0 aromatic heterocycles. The summed E-state index contributed by atoms with van der Waals surface area (Å²) in [6.07, 6.45) is 2.69. The summed E-state index contributed by atoms with van der Waals surface area (Å²) >= 11 is 0. The van der Waals surface area contributed by atoms with E-state index in [0.717, 1.165) is 12.0 Å². The molecule has 152 valence electrons. The third-order valence-electron chi connectivity index (χ3n) is 5.67. The van der Waals surface area contributed by atoms with Crippen LogP contribution < -0.4 is 5.32 Å². The number of nitrogens with zero attached hydrogens (tertiary/aromatic N) is 1. The minimum atomic E-state index is -0.925. The summed E-state index contributed by atoms with van der Waals surface area (Å²) in [6.45, 7) is 1.93. The fourth-order valence-electron chi connectivity index (χ4n) is 4.06. The predicted molar refractivity (Wildman–Crippen MR) is 103 cm³/mol. The second-order valence-electron chi connectivity index (χ2n) is 7.79. The molecule has 0 radical (unpaired) electrons. The van der Waals surface area contributed by atoms with Crippen molar-refractivity contribution in [2.75, 3.05) is 26.3 Å². The molecule has 2 amide bonds. The molecule has 2 fully saturated rings. The highest BCUT2D eigenvalue weighted by Crippen LogP contribution is 2.26. The molecule has 1 aromatic rings. The Morgan fingerprint density at radius 2 is 1.89 bits per heavy atom. The van der Waals surface area contributed by atoms with Gasteiger partial charge in [-0.05, 0) is 31.2 Å². The van der Waals surface area contributed by atoms with Gasteiger partial charge in [-0.3, -0.25) is 14.4 Å². The average Bonchev–Trinajstić information content (AvgIpc) is 2.69. The number of ether oxygens (including phenoxy) is 1. The van der Waals surface area contributed by atoms with Crippen LogP contribution in [-0.4, -0.2) is 59.6 Å². The van der Waals surface area contributed by atoms with Crippen LogP contribution in [0, 0.1) is 5.92 Å². The highest BCUT2D eigenvalue weighted by Gasteiger charge is 2.39. The first-order chi connectivity index (χ1) is 13.5. The summed E-state index contributed by atoms with van der Waals surface area (Å²) in [6, 6.07) is 9.58. The molecule has 0 spiro atoms.